The van der Waals surface area contributed by atoms with E-state index in [1.165, 1.54) is 12.7 Å². The molecular weight excluding hydrogens is 406 g/mol. The summed E-state index contributed by atoms with van der Waals surface area (Å²) in [5.41, 5.74) is 1.30. The Balaban J connectivity index is 1.53. The fourth-order valence-corrected chi connectivity index (χ4v) is 4.91. The van der Waals surface area contributed by atoms with Crippen molar-refractivity contribution in [2.24, 2.45) is 5.92 Å². The zero-order chi connectivity index (χ0) is 21.7. The average Bonchev–Trinajstić information content (AvgIpc) is 2.72. The molecule has 0 spiro atoms. The van der Waals surface area contributed by atoms with Crippen molar-refractivity contribution < 1.29 is 28.4 Å². The third-order valence-electron chi connectivity index (χ3n) is 5.73. The van der Waals surface area contributed by atoms with Crippen LogP contribution in [0, 0.1) is 11.7 Å². The van der Waals surface area contributed by atoms with E-state index in [1.54, 1.807) is 37.4 Å². The van der Waals surface area contributed by atoms with Gasteiger partial charge in [-0.25, -0.2) is 4.39 Å². The van der Waals surface area contributed by atoms with E-state index in [9.17, 15) is 19.0 Å². The summed E-state index contributed by atoms with van der Waals surface area (Å²) >= 11 is 0. The molecule has 0 radical (unpaired) electrons. The first kappa shape index (κ1) is 22.8. The van der Waals surface area contributed by atoms with E-state index in [-0.39, 0.29) is 17.9 Å². The summed E-state index contributed by atoms with van der Waals surface area (Å²) < 4.78 is 36.9. The topological polar surface area (TPSA) is 76.0 Å². The number of rotatable bonds is 8. The highest BCUT2D eigenvalue weighted by Crippen LogP contribution is 2.40. The van der Waals surface area contributed by atoms with Crippen LogP contribution in [0.2, 0.25) is 0 Å². The Hall–Kier alpha value is -1.88. The Morgan fingerprint density at radius 2 is 1.87 bits per heavy atom. The molecule has 0 aliphatic heterocycles. The van der Waals surface area contributed by atoms with Crippen molar-refractivity contribution in [2.75, 3.05) is 26.5 Å². The SMILES string of the molecule is COc1ccc(F)c(C2CCC(COc3cccc([C@H](O)CP(C)(=O)O)c3)CC2)c1. The predicted octanol–water partition coefficient (Wildman–Crippen LogP) is 5.12. The van der Waals surface area contributed by atoms with Gasteiger partial charge in [0.15, 0.2) is 0 Å². The highest BCUT2D eigenvalue weighted by molar-refractivity contribution is 7.57. The van der Waals surface area contributed by atoms with Crippen molar-refractivity contribution in [2.45, 2.75) is 37.7 Å². The molecule has 164 valence electrons. The minimum atomic E-state index is -3.31. The minimum absolute atomic E-state index is 0.176. The number of methoxy groups -OCH3 is 1. The van der Waals surface area contributed by atoms with Gasteiger partial charge in [0.2, 0.25) is 7.37 Å². The number of benzene rings is 2. The summed E-state index contributed by atoms with van der Waals surface area (Å²) in [4.78, 5) is 9.48. The number of hydrogen-bond donors (Lipinski definition) is 2. The summed E-state index contributed by atoms with van der Waals surface area (Å²) in [6, 6.07) is 11.9. The molecule has 1 unspecified atom stereocenters. The summed E-state index contributed by atoms with van der Waals surface area (Å²) in [7, 11) is -1.72. The van der Waals surface area contributed by atoms with Gasteiger partial charge in [-0.3, -0.25) is 4.57 Å². The Labute approximate surface area is 177 Å². The highest BCUT2D eigenvalue weighted by atomic mass is 31.2. The number of ether oxygens (including phenoxy) is 2. The van der Waals surface area contributed by atoms with Gasteiger partial charge in [0.1, 0.15) is 17.3 Å². The van der Waals surface area contributed by atoms with E-state index >= 15 is 0 Å². The van der Waals surface area contributed by atoms with Gasteiger partial charge in [-0.05, 0) is 79.0 Å². The zero-order valence-corrected chi connectivity index (χ0v) is 18.4. The van der Waals surface area contributed by atoms with Crippen LogP contribution >= 0.6 is 7.37 Å². The number of aliphatic hydroxyl groups excluding tert-OH is 1. The molecule has 2 atom stereocenters. The fourth-order valence-electron chi connectivity index (χ4n) is 4.05. The molecule has 1 aliphatic carbocycles. The quantitative estimate of drug-likeness (QED) is 0.562. The second-order valence-electron chi connectivity index (χ2n) is 8.24. The molecule has 0 heterocycles. The van der Waals surface area contributed by atoms with E-state index in [0.717, 1.165) is 31.2 Å². The van der Waals surface area contributed by atoms with E-state index in [4.69, 9.17) is 9.47 Å². The molecule has 2 aromatic carbocycles. The summed E-state index contributed by atoms with van der Waals surface area (Å²) in [6.45, 7) is 1.80. The predicted molar refractivity (Wildman–Crippen MR) is 115 cm³/mol. The molecule has 30 heavy (non-hydrogen) atoms. The van der Waals surface area contributed by atoms with Gasteiger partial charge in [0.25, 0.3) is 0 Å². The third kappa shape index (κ3) is 6.31. The van der Waals surface area contributed by atoms with Crippen LogP contribution in [0.3, 0.4) is 0 Å². The van der Waals surface area contributed by atoms with Gasteiger partial charge >= 0.3 is 0 Å². The lowest BCUT2D eigenvalue weighted by Gasteiger charge is -2.29. The van der Waals surface area contributed by atoms with E-state index in [2.05, 4.69) is 0 Å². The van der Waals surface area contributed by atoms with Gasteiger partial charge in [0, 0.05) is 6.66 Å². The van der Waals surface area contributed by atoms with Crippen molar-refractivity contribution in [3.63, 3.8) is 0 Å². The van der Waals surface area contributed by atoms with E-state index < -0.39 is 13.5 Å². The Morgan fingerprint density at radius 3 is 2.53 bits per heavy atom. The largest absolute Gasteiger partial charge is 0.497 e. The second kappa shape index (κ2) is 9.95. The number of halogens is 1. The van der Waals surface area contributed by atoms with Gasteiger partial charge in [-0.1, -0.05) is 12.1 Å². The summed E-state index contributed by atoms with van der Waals surface area (Å²) in [5, 5.41) is 10.2. The molecule has 5 nitrogen and oxygen atoms in total. The van der Waals surface area contributed by atoms with Crippen LogP contribution in [-0.2, 0) is 4.57 Å². The van der Waals surface area contributed by atoms with Crippen LogP contribution in [0.25, 0.3) is 0 Å². The smallest absolute Gasteiger partial charge is 0.200 e. The second-order valence-corrected chi connectivity index (χ2v) is 10.7. The molecule has 0 bridgehead atoms. The Kier molecular flexibility index (Phi) is 7.56. The molecule has 1 aliphatic rings. The van der Waals surface area contributed by atoms with Crippen molar-refractivity contribution in [3.8, 4) is 11.5 Å². The standard InChI is InChI=1S/C23H30FO5P/c1-28-19-10-11-22(24)21(13-19)17-8-6-16(7-9-17)14-29-20-5-3-4-18(12-20)23(25)15-30(2,26)27/h3-5,10-13,16-17,23,25H,6-9,14-15H2,1-2H3,(H,26,27)/t16?,17?,23-/m1/s1. The maximum Gasteiger partial charge on any atom is 0.200 e. The van der Waals surface area contributed by atoms with Crippen molar-refractivity contribution in [1.29, 1.82) is 0 Å². The van der Waals surface area contributed by atoms with Crippen LogP contribution in [0.1, 0.15) is 48.8 Å². The maximum absolute atomic E-state index is 14.2. The van der Waals surface area contributed by atoms with Crippen LogP contribution in [0.15, 0.2) is 42.5 Å². The van der Waals surface area contributed by atoms with Gasteiger partial charge < -0.3 is 19.5 Å². The third-order valence-corrected chi connectivity index (χ3v) is 6.75. The highest BCUT2D eigenvalue weighted by Gasteiger charge is 2.25. The summed E-state index contributed by atoms with van der Waals surface area (Å²) in [5.74, 6) is 1.72. The first-order valence-corrected chi connectivity index (χ1v) is 12.6. The van der Waals surface area contributed by atoms with E-state index in [0.29, 0.717) is 29.6 Å². The molecule has 0 saturated heterocycles. The first-order valence-electron chi connectivity index (χ1n) is 10.3. The molecule has 1 saturated carbocycles. The fraction of sp³-hybridized carbons (Fsp3) is 0.478. The normalized spacial score (nSPS) is 22.2. The lowest BCUT2D eigenvalue weighted by molar-refractivity contribution is 0.191. The lowest BCUT2D eigenvalue weighted by atomic mass is 9.79. The molecule has 2 N–H and O–H groups in total. The molecule has 2 aromatic rings. The van der Waals surface area contributed by atoms with Crippen LogP contribution in [0.4, 0.5) is 4.39 Å². The lowest BCUT2D eigenvalue weighted by Crippen LogP contribution is -2.20. The Morgan fingerprint density at radius 1 is 1.13 bits per heavy atom. The average molecular weight is 436 g/mol. The molecular formula is C23H30FO5P. The van der Waals surface area contributed by atoms with Crippen LogP contribution in [-0.4, -0.2) is 36.5 Å². The Bertz CT molecular complexity index is 889. The maximum atomic E-state index is 14.2. The molecule has 1 fully saturated rings. The zero-order valence-electron chi connectivity index (χ0n) is 17.5. The first-order chi connectivity index (χ1) is 14.2. The van der Waals surface area contributed by atoms with Crippen molar-refractivity contribution in [3.05, 3.63) is 59.4 Å². The van der Waals surface area contributed by atoms with E-state index in [1.807, 2.05) is 6.07 Å². The minimum Gasteiger partial charge on any atom is -0.497 e. The number of hydrogen-bond acceptors (Lipinski definition) is 4. The molecule has 0 aromatic heterocycles. The monoisotopic (exact) mass is 436 g/mol. The van der Waals surface area contributed by atoms with Crippen LogP contribution in [0.5, 0.6) is 11.5 Å². The number of aliphatic hydroxyl groups is 1. The van der Waals surface area contributed by atoms with Crippen molar-refractivity contribution in [1.82, 2.24) is 0 Å². The van der Waals surface area contributed by atoms with Gasteiger partial charge in [-0.2, -0.15) is 0 Å². The van der Waals surface area contributed by atoms with Crippen molar-refractivity contribution >= 4 is 7.37 Å². The molecule has 7 heteroatoms. The van der Waals surface area contributed by atoms with Crippen LogP contribution < -0.4 is 9.47 Å². The van der Waals surface area contributed by atoms with Gasteiger partial charge in [0.05, 0.1) is 26.0 Å². The van der Waals surface area contributed by atoms with Gasteiger partial charge in [-0.15, -0.1) is 0 Å². The summed E-state index contributed by atoms with van der Waals surface area (Å²) in [6.07, 6.45) is 2.53. The molecule has 0 amide bonds. The molecule has 3 rings (SSSR count).